The molecule has 1 saturated heterocycles. The van der Waals surface area contributed by atoms with Crippen molar-refractivity contribution >= 4 is 22.6 Å². The van der Waals surface area contributed by atoms with Crippen LogP contribution in [0.3, 0.4) is 0 Å². The molecule has 0 bridgehead atoms. The fourth-order valence-corrected chi connectivity index (χ4v) is 2.49. The van der Waals surface area contributed by atoms with Gasteiger partial charge in [-0.1, -0.05) is 24.3 Å². The minimum absolute atomic E-state index is 0.315. The van der Waals surface area contributed by atoms with Gasteiger partial charge in [0.15, 0.2) is 0 Å². The van der Waals surface area contributed by atoms with Crippen LogP contribution in [0.1, 0.15) is 17.3 Å². The number of nitrogens with two attached hydrogens (primary N) is 1. The second kappa shape index (κ2) is 5.55. The molecule has 2 aromatic rings. The molecule has 0 aromatic heterocycles. The highest BCUT2D eigenvalue weighted by Gasteiger charge is 2.52. The zero-order valence-electron chi connectivity index (χ0n) is 12.9. The van der Waals surface area contributed by atoms with Gasteiger partial charge in [-0.25, -0.2) is 4.79 Å². The van der Waals surface area contributed by atoms with Gasteiger partial charge < -0.3 is 19.9 Å². The number of hydrogen-bond acceptors (Lipinski definition) is 5. The van der Waals surface area contributed by atoms with Crippen LogP contribution in [0.2, 0.25) is 0 Å². The number of ether oxygens (including phenoxy) is 3. The summed E-state index contributed by atoms with van der Waals surface area (Å²) in [6, 6.07) is 10.8. The van der Waals surface area contributed by atoms with E-state index in [2.05, 4.69) is 0 Å². The molecule has 2 N–H and O–H groups in total. The lowest BCUT2D eigenvalue weighted by Crippen LogP contribution is -2.43. The molecule has 1 aliphatic heterocycles. The maximum Gasteiger partial charge on any atom is 0.339 e. The number of epoxide rings is 1. The van der Waals surface area contributed by atoms with Crippen molar-refractivity contribution in [1.82, 2.24) is 0 Å². The zero-order valence-corrected chi connectivity index (χ0v) is 12.9. The Morgan fingerprint density at radius 3 is 2.61 bits per heavy atom. The number of amides is 1. The van der Waals surface area contributed by atoms with Gasteiger partial charge in [-0.05, 0) is 29.8 Å². The summed E-state index contributed by atoms with van der Waals surface area (Å²) in [6.45, 7) is 2.01. The Bertz CT molecular complexity index is 782. The van der Waals surface area contributed by atoms with Crippen LogP contribution in [0.25, 0.3) is 10.8 Å². The molecule has 3 rings (SSSR count). The summed E-state index contributed by atoms with van der Waals surface area (Å²) in [5, 5.41) is 1.55. The van der Waals surface area contributed by atoms with Crippen LogP contribution in [-0.2, 0) is 14.3 Å². The van der Waals surface area contributed by atoms with Gasteiger partial charge in [-0.15, -0.1) is 0 Å². The first kappa shape index (κ1) is 15.3. The molecule has 1 heterocycles. The molecule has 2 aromatic carbocycles. The topological polar surface area (TPSA) is 91.2 Å². The van der Waals surface area contributed by atoms with Crippen molar-refractivity contribution in [3.63, 3.8) is 0 Å². The molecular weight excluding hydrogens is 298 g/mol. The average Bonchev–Trinajstić information content (AvgIpc) is 3.29. The van der Waals surface area contributed by atoms with Gasteiger partial charge in [-0.3, -0.25) is 4.79 Å². The van der Waals surface area contributed by atoms with Gasteiger partial charge in [0.1, 0.15) is 11.4 Å². The molecular formula is C17H17NO5. The standard InChI is InChI=1S/C17H17NO5/c1-17(9-22-17)14(15(18)19)23-16(20)13-8-11(21-2)7-10-5-3-4-6-12(10)13/h3-8,14H,9H2,1-2H3,(H2,18,19)/t14?,17-/m0/s1. The normalized spacial score (nSPS) is 20.8. The summed E-state index contributed by atoms with van der Waals surface area (Å²) in [5.74, 6) is -0.841. The quantitative estimate of drug-likeness (QED) is 0.669. The van der Waals surface area contributed by atoms with E-state index in [1.807, 2.05) is 24.3 Å². The predicted molar refractivity (Wildman–Crippen MR) is 83.3 cm³/mol. The number of rotatable bonds is 5. The van der Waals surface area contributed by atoms with Crippen molar-refractivity contribution in [2.45, 2.75) is 18.6 Å². The van der Waals surface area contributed by atoms with E-state index in [9.17, 15) is 9.59 Å². The number of carbonyl (C=O) groups is 2. The molecule has 0 spiro atoms. The number of hydrogen-bond donors (Lipinski definition) is 1. The van der Waals surface area contributed by atoms with Gasteiger partial charge in [-0.2, -0.15) is 0 Å². The summed E-state index contributed by atoms with van der Waals surface area (Å²) < 4.78 is 15.7. The molecule has 1 unspecified atom stereocenters. The summed E-state index contributed by atoms with van der Waals surface area (Å²) in [6.07, 6.45) is -1.13. The van der Waals surface area contributed by atoms with Crippen molar-refractivity contribution in [3.8, 4) is 5.75 Å². The van der Waals surface area contributed by atoms with Crippen molar-refractivity contribution in [2.75, 3.05) is 13.7 Å². The zero-order chi connectivity index (χ0) is 16.6. The van der Waals surface area contributed by atoms with Crippen LogP contribution >= 0.6 is 0 Å². The summed E-state index contributed by atoms with van der Waals surface area (Å²) in [5.41, 5.74) is 4.82. The highest BCUT2D eigenvalue weighted by atomic mass is 16.6. The Morgan fingerprint density at radius 2 is 2.00 bits per heavy atom. The second-order valence-electron chi connectivity index (χ2n) is 5.69. The van der Waals surface area contributed by atoms with Crippen LogP contribution in [0.4, 0.5) is 0 Å². The maximum atomic E-state index is 12.6. The lowest BCUT2D eigenvalue weighted by atomic mass is 10.0. The summed E-state index contributed by atoms with van der Waals surface area (Å²) in [4.78, 5) is 24.2. The lowest BCUT2D eigenvalue weighted by molar-refractivity contribution is -0.129. The van der Waals surface area contributed by atoms with Gasteiger partial charge in [0, 0.05) is 0 Å². The molecule has 120 valence electrons. The van der Waals surface area contributed by atoms with E-state index in [4.69, 9.17) is 19.9 Å². The van der Waals surface area contributed by atoms with Crippen LogP contribution < -0.4 is 10.5 Å². The smallest absolute Gasteiger partial charge is 0.339 e. The third-order valence-corrected chi connectivity index (χ3v) is 3.93. The van der Waals surface area contributed by atoms with Crippen LogP contribution in [-0.4, -0.2) is 37.3 Å². The average molecular weight is 315 g/mol. The molecule has 1 aliphatic rings. The van der Waals surface area contributed by atoms with Crippen molar-refractivity contribution in [3.05, 3.63) is 42.0 Å². The van der Waals surface area contributed by atoms with Crippen LogP contribution in [0, 0.1) is 0 Å². The Balaban J connectivity index is 1.98. The number of methoxy groups -OCH3 is 1. The lowest BCUT2D eigenvalue weighted by Gasteiger charge is -2.19. The first-order valence-corrected chi connectivity index (χ1v) is 7.15. The van der Waals surface area contributed by atoms with E-state index in [1.165, 1.54) is 7.11 Å². The third kappa shape index (κ3) is 2.85. The molecule has 0 radical (unpaired) electrons. The van der Waals surface area contributed by atoms with Crippen molar-refractivity contribution in [2.24, 2.45) is 5.73 Å². The molecule has 23 heavy (non-hydrogen) atoms. The number of benzene rings is 2. The minimum Gasteiger partial charge on any atom is -0.497 e. The number of carbonyl (C=O) groups excluding carboxylic acids is 2. The maximum absolute atomic E-state index is 12.6. The minimum atomic E-state index is -1.13. The Morgan fingerprint density at radius 1 is 1.30 bits per heavy atom. The number of primary amides is 1. The highest BCUT2D eigenvalue weighted by molar-refractivity contribution is 6.06. The number of esters is 1. The number of fused-ring (bicyclic) bond motifs is 1. The van der Waals surface area contributed by atoms with E-state index in [1.54, 1.807) is 19.1 Å². The van der Waals surface area contributed by atoms with Crippen LogP contribution in [0.5, 0.6) is 5.75 Å². The molecule has 1 fully saturated rings. The van der Waals surface area contributed by atoms with E-state index in [-0.39, 0.29) is 0 Å². The largest absolute Gasteiger partial charge is 0.497 e. The van der Waals surface area contributed by atoms with Crippen LogP contribution in [0.15, 0.2) is 36.4 Å². The van der Waals surface area contributed by atoms with Crippen molar-refractivity contribution < 1.29 is 23.8 Å². The molecule has 1 amide bonds. The van der Waals surface area contributed by atoms with Crippen molar-refractivity contribution in [1.29, 1.82) is 0 Å². The fraction of sp³-hybridized carbons (Fsp3) is 0.294. The van der Waals surface area contributed by atoms with Gasteiger partial charge in [0.25, 0.3) is 5.91 Å². The molecule has 0 saturated carbocycles. The molecule has 0 aliphatic carbocycles. The third-order valence-electron chi connectivity index (χ3n) is 3.93. The predicted octanol–water partition coefficient (Wildman–Crippen LogP) is 1.65. The van der Waals surface area contributed by atoms with Gasteiger partial charge >= 0.3 is 5.97 Å². The monoisotopic (exact) mass is 315 g/mol. The Hall–Kier alpha value is -2.60. The molecule has 2 atom stereocenters. The first-order chi connectivity index (χ1) is 10.9. The summed E-state index contributed by atoms with van der Waals surface area (Å²) >= 11 is 0. The van der Waals surface area contributed by atoms with E-state index in [0.717, 1.165) is 5.39 Å². The first-order valence-electron chi connectivity index (χ1n) is 7.15. The summed E-state index contributed by atoms with van der Waals surface area (Å²) in [7, 11) is 1.52. The molecule has 6 heteroatoms. The second-order valence-corrected chi connectivity index (χ2v) is 5.69. The van der Waals surface area contributed by atoms with E-state index >= 15 is 0 Å². The SMILES string of the molecule is COc1cc(C(=O)OC(C(N)=O)[C@]2(C)CO2)c2ccccc2c1. The van der Waals surface area contributed by atoms with Gasteiger partial charge in [0.2, 0.25) is 6.10 Å². The van der Waals surface area contributed by atoms with Gasteiger partial charge in [0.05, 0.1) is 19.3 Å². The Kier molecular flexibility index (Phi) is 3.69. The fourth-order valence-electron chi connectivity index (χ4n) is 2.49. The Labute approximate surface area is 133 Å². The highest BCUT2D eigenvalue weighted by Crippen LogP contribution is 2.33. The van der Waals surface area contributed by atoms with E-state index in [0.29, 0.717) is 23.3 Å². The van der Waals surface area contributed by atoms with E-state index < -0.39 is 23.6 Å². The molecule has 6 nitrogen and oxygen atoms in total.